The Morgan fingerprint density at radius 3 is 2.25 bits per heavy atom. The van der Waals surface area contributed by atoms with Crippen LogP contribution >= 0.6 is 11.8 Å². The Bertz CT molecular complexity index is 1380. The van der Waals surface area contributed by atoms with E-state index in [-0.39, 0.29) is 30.8 Å². The minimum absolute atomic E-state index is 0.0712. The standard InChI is InChI=1S/C29H27NO5S/c1-33-27-17-24-25(18-28(27)34-2)30-13-12-26(24)35-23-10-8-19(9-11-23)14-21(31)16-22(32)15-20-6-4-5-7-29(20)36-3/h4-13,17-18H,14-16H2,1-3H3. The number of fused-ring (bicyclic) bond motifs is 1. The van der Waals surface area contributed by atoms with Gasteiger partial charge in [0.05, 0.1) is 26.2 Å². The number of hydrogen-bond donors (Lipinski definition) is 0. The summed E-state index contributed by atoms with van der Waals surface area (Å²) < 4.78 is 16.9. The predicted molar refractivity (Wildman–Crippen MR) is 142 cm³/mol. The Kier molecular flexibility index (Phi) is 8.23. The minimum Gasteiger partial charge on any atom is -0.493 e. The first kappa shape index (κ1) is 25.3. The molecular weight excluding hydrogens is 474 g/mol. The molecule has 184 valence electrons. The largest absolute Gasteiger partial charge is 0.493 e. The number of carbonyl (C=O) groups excluding carboxylic acids is 2. The van der Waals surface area contributed by atoms with Crippen LogP contribution in [0, 0.1) is 0 Å². The van der Waals surface area contributed by atoms with E-state index in [4.69, 9.17) is 14.2 Å². The summed E-state index contributed by atoms with van der Waals surface area (Å²) in [4.78, 5) is 30.4. The maximum absolute atomic E-state index is 12.5. The van der Waals surface area contributed by atoms with Gasteiger partial charge < -0.3 is 14.2 Å². The van der Waals surface area contributed by atoms with Gasteiger partial charge >= 0.3 is 0 Å². The van der Waals surface area contributed by atoms with E-state index in [0.29, 0.717) is 23.0 Å². The van der Waals surface area contributed by atoms with Gasteiger partial charge in [0.25, 0.3) is 0 Å². The summed E-state index contributed by atoms with van der Waals surface area (Å²) in [5.74, 6) is 2.26. The quantitative estimate of drug-likeness (QED) is 0.182. The third kappa shape index (κ3) is 6.04. The molecule has 6 nitrogen and oxygen atoms in total. The molecule has 0 atom stereocenters. The second-order valence-electron chi connectivity index (χ2n) is 8.20. The molecule has 1 aromatic heterocycles. The molecule has 0 fully saturated rings. The van der Waals surface area contributed by atoms with E-state index >= 15 is 0 Å². The fourth-order valence-corrected chi connectivity index (χ4v) is 4.59. The molecule has 0 aliphatic heterocycles. The molecule has 0 radical (unpaired) electrons. The topological polar surface area (TPSA) is 74.7 Å². The van der Waals surface area contributed by atoms with Crippen LogP contribution in [0.25, 0.3) is 10.9 Å². The van der Waals surface area contributed by atoms with Crippen LogP contribution in [-0.4, -0.2) is 37.0 Å². The Morgan fingerprint density at radius 2 is 1.53 bits per heavy atom. The maximum Gasteiger partial charge on any atom is 0.162 e. The number of methoxy groups -OCH3 is 2. The van der Waals surface area contributed by atoms with Gasteiger partial charge in [0.1, 0.15) is 23.1 Å². The number of thioether (sulfide) groups is 1. The first-order valence-corrected chi connectivity index (χ1v) is 12.7. The Labute approximate surface area is 214 Å². The maximum atomic E-state index is 12.5. The molecule has 0 saturated carbocycles. The molecule has 0 saturated heterocycles. The molecule has 0 unspecified atom stereocenters. The number of nitrogens with zero attached hydrogens (tertiary/aromatic N) is 1. The number of carbonyl (C=O) groups is 2. The van der Waals surface area contributed by atoms with Crippen LogP contribution in [-0.2, 0) is 22.4 Å². The summed E-state index contributed by atoms with van der Waals surface area (Å²) in [5.41, 5.74) is 2.51. The van der Waals surface area contributed by atoms with E-state index in [1.165, 1.54) is 0 Å². The number of rotatable bonds is 11. The summed E-state index contributed by atoms with van der Waals surface area (Å²) in [6.45, 7) is 0. The van der Waals surface area contributed by atoms with Crippen molar-refractivity contribution in [2.24, 2.45) is 0 Å². The number of ether oxygens (including phenoxy) is 3. The molecular formula is C29H27NO5S. The fourth-order valence-electron chi connectivity index (χ4n) is 3.97. The van der Waals surface area contributed by atoms with Gasteiger partial charge in [0.15, 0.2) is 11.5 Å². The normalized spacial score (nSPS) is 10.8. The van der Waals surface area contributed by atoms with Crippen molar-refractivity contribution in [2.75, 3.05) is 20.5 Å². The molecule has 0 bridgehead atoms. The van der Waals surface area contributed by atoms with Gasteiger partial charge in [-0.05, 0) is 47.7 Å². The zero-order chi connectivity index (χ0) is 25.5. The molecule has 0 aliphatic rings. The predicted octanol–water partition coefficient (Wildman–Crippen LogP) is 6.08. The van der Waals surface area contributed by atoms with E-state index in [1.54, 1.807) is 44.3 Å². The molecule has 0 spiro atoms. The third-order valence-electron chi connectivity index (χ3n) is 5.73. The van der Waals surface area contributed by atoms with E-state index in [0.717, 1.165) is 26.9 Å². The van der Waals surface area contributed by atoms with Gasteiger partial charge in [-0.1, -0.05) is 30.3 Å². The van der Waals surface area contributed by atoms with Crippen molar-refractivity contribution in [1.82, 2.24) is 4.98 Å². The van der Waals surface area contributed by atoms with Crippen LogP contribution in [0.3, 0.4) is 0 Å². The lowest BCUT2D eigenvalue weighted by Crippen LogP contribution is -2.12. The Balaban J connectivity index is 1.39. The number of pyridine rings is 1. The van der Waals surface area contributed by atoms with Crippen molar-refractivity contribution in [3.63, 3.8) is 0 Å². The van der Waals surface area contributed by atoms with Gasteiger partial charge in [-0.25, -0.2) is 0 Å². The molecule has 1 heterocycles. The summed E-state index contributed by atoms with van der Waals surface area (Å²) >= 11 is 1.60. The highest BCUT2D eigenvalue weighted by Crippen LogP contribution is 2.36. The first-order chi connectivity index (χ1) is 17.5. The molecule has 0 N–H and O–H groups in total. The molecule has 0 aliphatic carbocycles. The molecule has 4 rings (SSSR count). The zero-order valence-corrected chi connectivity index (χ0v) is 21.3. The van der Waals surface area contributed by atoms with E-state index < -0.39 is 0 Å². The summed E-state index contributed by atoms with van der Waals surface area (Å²) in [6.07, 6.45) is 4.05. The van der Waals surface area contributed by atoms with Crippen LogP contribution in [0.1, 0.15) is 17.5 Å². The average Bonchev–Trinajstić information content (AvgIpc) is 2.89. The lowest BCUT2D eigenvalue weighted by Gasteiger charge is -2.12. The average molecular weight is 502 g/mol. The fraction of sp³-hybridized carbons (Fsp3) is 0.207. The van der Waals surface area contributed by atoms with Crippen molar-refractivity contribution in [2.45, 2.75) is 24.2 Å². The van der Waals surface area contributed by atoms with Crippen LogP contribution in [0.5, 0.6) is 23.0 Å². The number of benzene rings is 3. The molecule has 7 heteroatoms. The van der Waals surface area contributed by atoms with Gasteiger partial charge in [-0.15, -0.1) is 11.8 Å². The van der Waals surface area contributed by atoms with Crippen molar-refractivity contribution in [3.05, 3.63) is 84.1 Å². The van der Waals surface area contributed by atoms with Gasteiger partial charge in [-0.3, -0.25) is 14.6 Å². The van der Waals surface area contributed by atoms with E-state index in [2.05, 4.69) is 4.98 Å². The third-order valence-corrected chi connectivity index (χ3v) is 6.57. The van der Waals surface area contributed by atoms with Crippen molar-refractivity contribution in [1.29, 1.82) is 0 Å². The zero-order valence-electron chi connectivity index (χ0n) is 20.4. The highest BCUT2D eigenvalue weighted by molar-refractivity contribution is 7.98. The summed E-state index contributed by atoms with van der Waals surface area (Å²) in [5, 5.41) is 0.788. The summed E-state index contributed by atoms with van der Waals surface area (Å²) in [6, 6.07) is 20.5. The second kappa shape index (κ2) is 11.7. The smallest absolute Gasteiger partial charge is 0.162 e. The van der Waals surface area contributed by atoms with Crippen molar-refractivity contribution in [3.8, 4) is 23.0 Å². The molecule has 36 heavy (non-hydrogen) atoms. The van der Waals surface area contributed by atoms with E-state index in [1.807, 2.05) is 60.9 Å². The van der Waals surface area contributed by atoms with E-state index in [9.17, 15) is 9.59 Å². The molecule has 0 amide bonds. The number of ketones is 2. The Hall–Kier alpha value is -3.84. The van der Waals surface area contributed by atoms with Crippen molar-refractivity contribution < 1.29 is 23.8 Å². The molecule has 4 aromatic rings. The van der Waals surface area contributed by atoms with Crippen molar-refractivity contribution >= 4 is 34.2 Å². The molecule has 3 aromatic carbocycles. The van der Waals surface area contributed by atoms with Crippen LogP contribution in [0.2, 0.25) is 0 Å². The number of hydrogen-bond acceptors (Lipinski definition) is 7. The Morgan fingerprint density at radius 1 is 0.833 bits per heavy atom. The second-order valence-corrected chi connectivity index (χ2v) is 9.05. The van der Waals surface area contributed by atoms with Crippen LogP contribution < -0.4 is 14.2 Å². The van der Waals surface area contributed by atoms with Gasteiger partial charge in [0, 0.05) is 35.4 Å². The SMILES string of the molecule is COc1cc2nccc(Oc3ccc(CC(=O)CC(=O)Cc4ccccc4SC)cc3)c2cc1OC. The lowest BCUT2D eigenvalue weighted by atomic mass is 10.0. The first-order valence-electron chi connectivity index (χ1n) is 11.4. The van der Waals surface area contributed by atoms with Crippen LogP contribution in [0.4, 0.5) is 0 Å². The highest BCUT2D eigenvalue weighted by atomic mass is 32.2. The lowest BCUT2D eigenvalue weighted by molar-refractivity contribution is -0.126. The number of aromatic nitrogens is 1. The monoisotopic (exact) mass is 501 g/mol. The summed E-state index contributed by atoms with van der Waals surface area (Å²) in [7, 11) is 3.16. The van der Waals surface area contributed by atoms with Gasteiger partial charge in [-0.2, -0.15) is 0 Å². The highest BCUT2D eigenvalue weighted by Gasteiger charge is 2.14. The van der Waals surface area contributed by atoms with Gasteiger partial charge in [0.2, 0.25) is 0 Å². The minimum atomic E-state index is -0.100. The number of Topliss-reactive ketones (excluding diaryl/α,β-unsaturated/α-hetero) is 2. The van der Waals surface area contributed by atoms with Crippen LogP contribution in [0.15, 0.2) is 77.8 Å².